The Kier molecular flexibility index (Phi) is 5.18. The van der Waals surface area contributed by atoms with Crippen molar-refractivity contribution in [2.75, 3.05) is 5.75 Å². The summed E-state index contributed by atoms with van der Waals surface area (Å²) in [7, 11) is 0. The minimum Gasteiger partial charge on any atom is -0.0654 e. The Labute approximate surface area is 55.0 Å². The second-order valence-electron chi connectivity index (χ2n) is 2.18. The lowest BCUT2D eigenvalue weighted by Crippen LogP contribution is -1.97. The average molecular weight is 133 g/mol. The molecule has 0 rings (SSSR count). The van der Waals surface area contributed by atoms with Crippen LogP contribution in [0.5, 0.6) is 0 Å². The summed E-state index contributed by atoms with van der Waals surface area (Å²) >= 11 is 0.700. The van der Waals surface area contributed by atoms with E-state index in [4.69, 9.17) is 0 Å². The highest BCUT2D eigenvalue weighted by molar-refractivity contribution is 7.65. The molecule has 8 heavy (non-hydrogen) atoms. The summed E-state index contributed by atoms with van der Waals surface area (Å²) in [5.41, 5.74) is 0. The number of hydrogen-bond acceptors (Lipinski definition) is 1. The Balaban J connectivity index is 3.03. The minimum atomic E-state index is 0.613. The topological polar surface area (TPSA) is 17.1 Å². The van der Waals surface area contributed by atoms with Crippen LogP contribution in [0.2, 0.25) is 0 Å². The van der Waals surface area contributed by atoms with Crippen molar-refractivity contribution in [1.29, 1.82) is 0 Å². The van der Waals surface area contributed by atoms with E-state index in [1.165, 1.54) is 12.8 Å². The normalized spacial score (nSPS) is 13.2. The zero-order chi connectivity index (χ0) is 6.41. The first-order valence-corrected chi connectivity index (χ1v) is 3.97. The fourth-order valence-electron chi connectivity index (χ4n) is 0.692. The second kappa shape index (κ2) is 5.16. The predicted molar refractivity (Wildman–Crippen MR) is 37.0 cm³/mol. The fourth-order valence-corrected chi connectivity index (χ4v) is 1.09. The molecule has 2 heteroatoms. The van der Waals surface area contributed by atoms with Crippen LogP contribution < -0.4 is 0 Å². The molecule has 0 spiro atoms. The summed E-state index contributed by atoms with van der Waals surface area (Å²) in [6.07, 6.45) is 2.39. The van der Waals surface area contributed by atoms with Crippen molar-refractivity contribution in [2.24, 2.45) is 5.92 Å². The Hall–Kier alpha value is 0.0200. The quantitative estimate of drug-likeness (QED) is 0.535. The van der Waals surface area contributed by atoms with Crippen LogP contribution in [-0.4, -0.2) is 5.75 Å². The van der Waals surface area contributed by atoms with Gasteiger partial charge in [0, 0.05) is 10.1 Å². The van der Waals surface area contributed by atoms with Crippen LogP contribution >= 0.6 is 0 Å². The highest BCUT2D eigenvalue weighted by Gasteiger charge is 2.07. The molecule has 0 heterocycles. The highest BCUT2D eigenvalue weighted by atomic mass is 32.1. The molecule has 0 fully saturated rings. The van der Waals surface area contributed by atoms with Crippen LogP contribution in [0.1, 0.15) is 26.7 Å². The van der Waals surface area contributed by atoms with Crippen molar-refractivity contribution in [1.82, 2.24) is 0 Å². The second-order valence-corrected chi connectivity index (χ2v) is 2.75. The molecule has 0 saturated carbocycles. The molecule has 0 aromatic carbocycles. The van der Waals surface area contributed by atoms with Crippen molar-refractivity contribution < 1.29 is 4.21 Å². The van der Waals surface area contributed by atoms with Crippen LogP contribution in [0.3, 0.4) is 0 Å². The largest absolute Gasteiger partial charge is 0.458 e. The zero-order valence-electron chi connectivity index (χ0n) is 5.52. The summed E-state index contributed by atoms with van der Waals surface area (Å²) in [5.74, 6) is 1.39. The van der Waals surface area contributed by atoms with Gasteiger partial charge in [0.25, 0.3) is 0 Å². The maximum absolute atomic E-state index is 9.93. The number of hydrogen-bond donors (Lipinski definition) is 0. The van der Waals surface area contributed by atoms with E-state index >= 15 is 0 Å². The molecule has 0 aliphatic rings. The third kappa shape index (κ3) is 4.19. The molecule has 0 radical (unpaired) electrons. The molecule has 0 aliphatic carbocycles. The van der Waals surface area contributed by atoms with Crippen LogP contribution in [0.15, 0.2) is 0 Å². The van der Waals surface area contributed by atoms with E-state index in [0.717, 1.165) is 5.75 Å². The van der Waals surface area contributed by atoms with E-state index in [2.05, 4.69) is 13.8 Å². The fraction of sp³-hybridized carbons (Fsp3) is 1.00. The van der Waals surface area contributed by atoms with Gasteiger partial charge in [-0.3, -0.25) is 0 Å². The van der Waals surface area contributed by atoms with Gasteiger partial charge in [0.15, 0.2) is 0 Å². The van der Waals surface area contributed by atoms with Gasteiger partial charge < -0.3 is 0 Å². The van der Waals surface area contributed by atoms with Crippen molar-refractivity contribution in [3.05, 3.63) is 0 Å². The molecule has 0 aliphatic heterocycles. The smallest absolute Gasteiger partial charge is 0.0654 e. The van der Waals surface area contributed by atoms with E-state index < -0.39 is 0 Å². The lowest BCUT2D eigenvalue weighted by Gasteiger charge is -1.95. The molecular formula is C6H13OS+. The molecule has 1 nitrogen and oxygen atoms in total. The lowest BCUT2D eigenvalue weighted by atomic mass is 10.1. The van der Waals surface area contributed by atoms with E-state index in [1.54, 1.807) is 0 Å². The maximum Gasteiger partial charge on any atom is 0.458 e. The van der Waals surface area contributed by atoms with Gasteiger partial charge in [-0.1, -0.05) is 20.3 Å². The van der Waals surface area contributed by atoms with Gasteiger partial charge in [-0.25, -0.2) is 0 Å². The maximum atomic E-state index is 9.93. The van der Waals surface area contributed by atoms with E-state index in [0.29, 0.717) is 17.6 Å². The van der Waals surface area contributed by atoms with Crippen molar-refractivity contribution in [3.8, 4) is 0 Å². The zero-order valence-corrected chi connectivity index (χ0v) is 6.33. The molecule has 0 saturated heterocycles. The Bertz CT molecular complexity index is 63.5. The standard InChI is InChI=1S/C6H13OS/c1-3-4-6(2)5-8-7/h6H,3-5H2,1-2H3/q+1. The van der Waals surface area contributed by atoms with E-state index in [9.17, 15) is 4.21 Å². The Morgan fingerprint density at radius 2 is 2.25 bits per heavy atom. The van der Waals surface area contributed by atoms with Gasteiger partial charge in [0.05, 0.1) is 0 Å². The third-order valence-corrected chi connectivity index (χ3v) is 1.84. The highest BCUT2D eigenvalue weighted by Crippen LogP contribution is 2.02. The van der Waals surface area contributed by atoms with E-state index in [-0.39, 0.29) is 0 Å². The summed E-state index contributed by atoms with van der Waals surface area (Å²) in [5, 5.41) is 0. The monoisotopic (exact) mass is 133 g/mol. The van der Waals surface area contributed by atoms with Crippen molar-refractivity contribution in [2.45, 2.75) is 26.7 Å². The number of rotatable bonds is 4. The third-order valence-electron chi connectivity index (χ3n) is 1.13. The van der Waals surface area contributed by atoms with Crippen LogP contribution in [0.25, 0.3) is 0 Å². The van der Waals surface area contributed by atoms with E-state index in [1.807, 2.05) is 0 Å². The van der Waals surface area contributed by atoms with Gasteiger partial charge in [-0.2, -0.15) is 0 Å². The first-order valence-electron chi connectivity index (χ1n) is 3.06. The summed E-state index contributed by atoms with van der Waals surface area (Å²) < 4.78 is 9.93. The van der Waals surface area contributed by atoms with Crippen molar-refractivity contribution in [3.63, 3.8) is 0 Å². The van der Waals surface area contributed by atoms with Gasteiger partial charge in [0.2, 0.25) is 5.75 Å². The van der Waals surface area contributed by atoms with Gasteiger partial charge in [0.1, 0.15) is 0 Å². The van der Waals surface area contributed by atoms with Crippen LogP contribution in [-0.2, 0) is 15.9 Å². The van der Waals surface area contributed by atoms with Crippen LogP contribution in [0, 0.1) is 5.92 Å². The minimum absolute atomic E-state index is 0.613. The summed E-state index contributed by atoms with van der Waals surface area (Å²) in [6, 6.07) is 0. The van der Waals surface area contributed by atoms with Gasteiger partial charge >= 0.3 is 11.7 Å². The van der Waals surface area contributed by atoms with Gasteiger partial charge in [-0.15, -0.1) is 0 Å². The SMILES string of the molecule is CCCC(C)C[S+]=O. The molecule has 48 valence electrons. The molecule has 0 aromatic rings. The van der Waals surface area contributed by atoms with Crippen molar-refractivity contribution >= 4 is 11.7 Å². The predicted octanol–water partition coefficient (Wildman–Crippen LogP) is 1.85. The first-order chi connectivity index (χ1) is 3.81. The Morgan fingerprint density at radius 3 is 2.62 bits per heavy atom. The molecule has 0 N–H and O–H groups in total. The molecule has 0 amide bonds. The molecule has 0 bridgehead atoms. The summed E-state index contributed by atoms with van der Waals surface area (Å²) in [4.78, 5) is 0. The van der Waals surface area contributed by atoms with Crippen LogP contribution in [0.4, 0.5) is 0 Å². The summed E-state index contributed by atoms with van der Waals surface area (Å²) in [6.45, 7) is 4.26. The molecule has 1 atom stereocenters. The first kappa shape index (κ1) is 8.02. The average Bonchev–Trinajstić information content (AvgIpc) is 1.68. The Morgan fingerprint density at radius 1 is 1.62 bits per heavy atom. The molecule has 0 aromatic heterocycles. The van der Waals surface area contributed by atoms with Gasteiger partial charge in [-0.05, 0) is 6.42 Å². The molecule has 1 unspecified atom stereocenters. The lowest BCUT2D eigenvalue weighted by molar-refractivity contribution is 0.564. The molecular weight excluding hydrogens is 120 g/mol.